The van der Waals surface area contributed by atoms with E-state index in [9.17, 15) is 9.18 Å². The van der Waals surface area contributed by atoms with Gasteiger partial charge in [0.2, 0.25) is 0 Å². The Labute approximate surface area is 190 Å². The molecule has 1 aliphatic rings. The quantitative estimate of drug-likeness (QED) is 0.293. The summed E-state index contributed by atoms with van der Waals surface area (Å²) in [5.74, 6) is 0.487. The minimum absolute atomic E-state index is 0. The van der Waals surface area contributed by atoms with Crippen LogP contribution in [0, 0.1) is 5.82 Å². The van der Waals surface area contributed by atoms with Gasteiger partial charge in [-0.1, -0.05) is 6.07 Å². The van der Waals surface area contributed by atoms with E-state index in [2.05, 4.69) is 15.6 Å². The summed E-state index contributed by atoms with van der Waals surface area (Å²) in [7, 11) is 0. The molecule has 0 aliphatic carbocycles. The molecule has 2 amide bonds. The lowest BCUT2D eigenvalue weighted by atomic mass is 10.1. The molecule has 0 bridgehead atoms. The number of benzene rings is 1. The molecule has 9 heteroatoms. The molecule has 1 heterocycles. The van der Waals surface area contributed by atoms with Gasteiger partial charge in [-0.15, -0.1) is 24.0 Å². The summed E-state index contributed by atoms with van der Waals surface area (Å²) in [5.41, 5.74) is 6.79. The molecule has 1 aromatic carbocycles. The first-order chi connectivity index (χ1) is 13.5. The van der Waals surface area contributed by atoms with E-state index in [-0.39, 0.29) is 41.9 Å². The topological polar surface area (TPSA) is 86.0 Å². The van der Waals surface area contributed by atoms with Gasteiger partial charge >= 0.3 is 6.03 Å². The largest absolute Gasteiger partial charge is 0.370 e. The number of hydrogen-bond donors (Lipinski definition) is 3. The number of anilines is 1. The highest BCUT2D eigenvalue weighted by molar-refractivity contribution is 14.0. The van der Waals surface area contributed by atoms with Crippen LogP contribution in [-0.2, 0) is 6.54 Å². The fraction of sp³-hybridized carbons (Fsp3) is 0.600. The molecule has 2 rings (SSSR count). The number of hydrogen-bond acceptors (Lipinski definition) is 3. The van der Waals surface area contributed by atoms with Gasteiger partial charge in [0, 0.05) is 38.8 Å². The lowest BCUT2D eigenvalue weighted by molar-refractivity contribution is 0.188. The molecule has 1 fully saturated rings. The average Bonchev–Trinajstić information content (AvgIpc) is 2.69. The molecular formula is C20H34FIN6O. The van der Waals surface area contributed by atoms with Crippen molar-refractivity contribution in [3.63, 3.8) is 0 Å². The van der Waals surface area contributed by atoms with Crippen LogP contribution in [0.5, 0.6) is 0 Å². The van der Waals surface area contributed by atoms with Crippen molar-refractivity contribution in [3.8, 4) is 0 Å². The molecule has 7 nitrogen and oxygen atoms in total. The van der Waals surface area contributed by atoms with Crippen LogP contribution in [-0.4, -0.2) is 55.7 Å². The molecule has 1 aromatic rings. The number of urea groups is 1. The number of halogens is 2. The van der Waals surface area contributed by atoms with Crippen LogP contribution < -0.4 is 21.3 Å². The van der Waals surface area contributed by atoms with E-state index in [1.807, 2.05) is 37.8 Å². The first-order valence-corrected chi connectivity index (χ1v) is 10.1. The van der Waals surface area contributed by atoms with Gasteiger partial charge in [0.1, 0.15) is 5.82 Å². The maximum Gasteiger partial charge on any atom is 0.314 e. The second-order valence-corrected chi connectivity index (χ2v) is 6.90. The predicted molar refractivity (Wildman–Crippen MR) is 128 cm³/mol. The van der Waals surface area contributed by atoms with Crippen LogP contribution >= 0.6 is 24.0 Å². The summed E-state index contributed by atoms with van der Waals surface area (Å²) < 4.78 is 14.5. The van der Waals surface area contributed by atoms with E-state index >= 15 is 0 Å². The van der Waals surface area contributed by atoms with Crippen LogP contribution in [0.2, 0.25) is 0 Å². The number of nitrogens with two attached hydrogens (primary N) is 1. The van der Waals surface area contributed by atoms with E-state index < -0.39 is 0 Å². The summed E-state index contributed by atoms with van der Waals surface area (Å²) in [6.45, 7) is 10.0. The molecule has 0 radical (unpaired) electrons. The molecule has 0 atom stereocenters. The Morgan fingerprint density at radius 2 is 1.93 bits per heavy atom. The Hall–Kier alpha value is -1.78. The minimum atomic E-state index is -0.366. The number of carbonyl (C=O) groups is 1. The summed E-state index contributed by atoms with van der Waals surface area (Å²) in [4.78, 5) is 19.5. The molecule has 1 saturated heterocycles. The Morgan fingerprint density at radius 1 is 1.28 bits per heavy atom. The normalized spacial score (nSPS) is 14.9. The van der Waals surface area contributed by atoms with Gasteiger partial charge in [-0.05, 0) is 51.3 Å². The number of primary amides is 1. The van der Waals surface area contributed by atoms with Crippen molar-refractivity contribution >= 4 is 41.7 Å². The van der Waals surface area contributed by atoms with E-state index in [1.54, 1.807) is 11.0 Å². The lowest BCUT2D eigenvalue weighted by Crippen LogP contribution is -2.50. The molecule has 0 aromatic heterocycles. The third kappa shape index (κ3) is 7.52. The number of aliphatic imine (C=N–C) groups is 1. The van der Waals surface area contributed by atoms with Crippen LogP contribution in [0.3, 0.4) is 0 Å². The van der Waals surface area contributed by atoms with Crippen molar-refractivity contribution in [2.75, 3.05) is 37.6 Å². The van der Waals surface area contributed by atoms with Gasteiger partial charge in [0.15, 0.2) is 5.96 Å². The Bertz CT molecular complexity index is 675. The first kappa shape index (κ1) is 25.3. The Morgan fingerprint density at radius 3 is 2.45 bits per heavy atom. The molecule has 0 unspecified atom stereocenters. The van der Waals surface area contributed by atoms with Gasteiger partial charge in [0.25, 0.3) is 0 Å². The van der Waals surface area contributed by atoms with Gasteiger partial charge in [-0.2, -0.15) is 0 Å². The lowest BCUT2D eigenvalue weighted by Gasteiger charge is -2.32. The summed E-state index contributed by atoms with van der Waals surface area (Å²) in [6.07, 6.45) is 1.64. The molecule has 164 valence electrons. The maximum absolute atomic E-state index is 14.5. The SMILES string of the molecule is CCNC(=NCc1ccc(N(CC)CC)c(F)c1)NC1CCN(C(N)=O)CC1.I. The molecule has 1 aliphatic heterocycles. The summed E-state index contributed by atoms with van der Waals surface area (Å²) in [5, 5.41) is 6.64. The van der Waals surface area contributed by atoms with Gasteiger partial charge in [0.05, 0.1) is 12.2 Å². The van der Waals surface area contributed by atoms with E-state index in [1.165, 1.54) is 0 Å². The predicted octanol–water partition coefficient (Wildman–Crippen LogP) is 2.89. The minimum Gasteiger partial charge on any atom is -0.370 e. The van der Waals surface area contributed by atoms with Crippen molar-refractivity contribution in [1.29, 1.82) is 0 Å². The Balaban J connectivity index is 0.00000420. The highest BCUT2D eigenvalue weighted by Gasteiger charge is 2.21. The van der Waals surface area contributed by atoms with E-state index in [0.717, 1.165) is 38.0 Å². The summed E-state index contributed by atoms with van der Waals surface area (Å²) >= 11 is 0. The van der Waals surface area contributed by atoms with Gasteiger partial charge in [-0.25, -0.2) is 14.2 Å². The molecule has 0 spiro atoms. The number of rotatable bonds is 7. The molecule has 29 heavy (non-hydrogen) atoms. The van der Waals surface area contributed by atoms with Gasteiger partial charge < -0.3 is 26.2 Å². The van der Waals surface area contributed by atoms with Crippen LogP contribution in [0.25, 0.3) is 0 Å². The Kier molecular flexibility index (Phi) is 11.1. The van der Waals surface area contributed by atoms with Crippen molar-refractivity contribution < 1.29 is 9.18 Å². The number of likely N-dealkylation sites (tertiary alicyclic amines) is 1. The van der Waals surface area contributed by atoms with Crippen LogP contribution in [0.1, 0.15) is 39.2 Å². The number of guanidine groups is 1. The number of amides is 2. The van der Waals surface area contributed by atoms with Gasteiger partial charge in [-0.3, -0.25) is 0 Å². The standard InChI is InChI=1S/C20H33FN6O.HI/c1-4-23-20(25-16-9-11-27(12-10-16)19(22)28)24-14-15-7-8-18(17(21)13-15)26(5-2)6-3;/h7-8,13,16H,4-6,9-12,14H2,1-3H3,(H2,22,28)(H2,23,24,25);1H. The smallest absolute Gasteiger partial charge is 0.314 e. The zero-order valence-electron chi connectivity index (χ0n) is 17.6. The highest BCUT2D eigenvalue weighted by atomic mass is 127. The third-order valence-corrected chi connectivity index (χ3v) is 5.03. The van der Waals surface area contributed by atoms with Crippen LogP contribution in [0.4, 0.5) is 14.9 Å². The fourth-order valence-electron chi connectivity index (χ4n) is 3.40. The average molecular weight is 520 g/mol. The fourth-order valence-corrected chi connectivity index (χ4v) is 3.40. The van der Waals surface area contributed by atoms with Crippen molar-refractivity contribution in [3.05, 3.63) is 29.6 Å². The van der Waals surface area contributed by atoms with Crippen molar-refractivity contribution in [2.45, 2.75) is 46.2 Å². The van der Waals surface area contributed by atoms with E-state index in [4.69, 9.17) is 5.73 Å². The zero-order valence-corrected chi connectivity index (χ0v) is 19.9. The molecular weight excluding hydrogens is 486 g/mol. The van der Waals surface area contributed by atoms with Crippen LogP contribution in [0.15, 0.2) is 23.2 Å². The zero-order chi connectivity index (χ0) is 20.5. The second kappa shape index (κ2) is 12.7. The number of nitrogens with one attached hydrogen (secondary N) is 2. The monoisotopic (exact) mass is 520 g/mol. The summed E-state index contributed by atoms with van der Waals surface area (Å²) in [6, 6.07) is 5.18. The number of carbonyl (C=O) groups excluding carboxylic acids is 1. The third-order valence-electron chi connectivity index (χ3n) is 5.03. The number of nitrogens with zero attached hydrogens (tertiary/aromatic N) is 3. The van der Waals surface area contributed by atoms with Crippen molar-refractivity contribution in [1.82, 2.24) is 15.5 Å². The molecule has 0 saturated carbocycles. The maximum atomic E-state index is 14.5. The highest BCUT2D eigenvalue weighted by Crippen LogP contribution is 2.20. The van der Waals surface area contributed by atoms with E-state index in [0.29, 0.717) is 31.3 Å². The number of piperidine rings is 1. The first-order valence-electron chi connectivity index (χ1n) is 10.1. The second-order valence-electron chi connectivity index (χ2n) is 6.90. The molecule has 4 N–H and O–H groups in total. The van der Waals surface area contributed by atoms with Crippen molar-refractivity contribution in [2.24, 2.45) is 10.7 Å².